The molecule has 2 aromatic heterocycles. The summed E-state index contributed by atoms with van der Waals surface area (Å²) in [7, 11) is 0. The Bertz CT molecular complexity index is 814. The molecule has 0 aliphatic carbocycles. The number of hydrogen-bond acceptors (Lipinski definition) is 5. The molecule has 0 aliphatic heterocycles. The van der Waals surface area contributed by atoms with Gasteiger partial charge in [0.05, 0.1) is 11.6 Å². The summed E-state index contributed by atoms with van der Waals surface area (Å²) in [6, 6.07) is 9.74. The summed E-state index contributed by atoms with van der Waals surface area (Å²) in [5.41, 5.74) is 15.3. The van der Waals surface area contributed by atoms with Gasteiger partial charge in [-0.05, 0) is 47.7 Å². The molecule has 118 valence electrons. The van der Waals surface area contributed by atoms with Crippen LogP contribution in [0.2, 0.25) is 0 Å². The van der Waals surface area contributed by atoms with Crippen LogP contribution in [0.25, 0.3) is 22.0 Å². The molecule has 0 bridgehead atoms. The Balaban J connectivity index is 2.03. The van der Waals surface area contributed by atoms with Crippen molar-refractivity contribution in [2.24, 2.45) is 11.7 Å². The minimum absolute atomic E-state index is 0.193. The van der Waals surface area contributed by atoms with Gasteiger partial charge in [0, 0.05) is 17.8 Å². The van der Waals surface area contributed by atoms with Gasteiger partial charge in [0.25, 0.3) is 0 Å². The Morgan fingerprint density at radius 2 is 1.74 bits per heavy atom. The largest absolute Gasteiger partial charge is 0.383 e. The van der Waals surface area contributed by atoms with Crippen molar-refractivity contribution in [1.82, 2.24) is 15.0 Å². The number of benzene rings is 1. The van der Waals surface area contributed by atoms with Gasteiger partial charge in [-0.2, -0.15) is 0 Å². The molecule has 0 saturated heterocycles. The van der Waals surface area contributed by atoms with E-state index in [1.807, 2.05) is 30.3 Å². The number of rotatable bonds is 4. The topological polar surface area (TPSA) is 90.7 Å². The number of anilines is 1. The molecule has 0 spiro atoms. The van der Waals surface area contributed by atoms with E-state index in [2.05, 4.69) is 28.8 Å². The third kappa shape index (κ3) is 3.29. The van der Waals surface area contributed by atoms with E-state index in [-0.39, 0.29) is 6.04 Å². The first-order valence-corrected chi connectivity index (χ1v) is 7.77. The van der Waals surface area contributed by atoms with Gasteiger partial charge in [-0.3, -0.25) is 4.98 Å². The molecular formula is C18H21N5. The highest BCUT2D eigenvalue weighted by molar-refractivity contribution is 5.91. The lowest BCUT2D eigenvalue weighted by Crippen LogP contribution is -2.17. The first-order chi connectivity index (χ1) is 11.0. The van der Waals surface area contributed by atoms with E-state index >= 15 is 0 Å². The van der Waals surface area contributed by atoms with Crippen LogP contribution in [0, 0.1) is 5.92 Å². The Labute approximate surface area is 135 Å². The maximum absolute atomic E-state index is 6.19. The molecule has 0 aliphatic rings. The van der Waals surface area contributed by atoms with Crippen LogP contribution in [0.5, 0.6) is 0 Å². The molecule has 4 N–H and O–H groups in total. The third-order valence-electron chi connectivity index (χ3n) is 3.81. The molecule has 0 radical (unpaired) electrons. The van der Waals surface area contributed by atoms with Crippen LogP contribution in [-0.2, 0) is 0 Å². The van der Waals surface area contributed by atoms with Gasteiger partial charge in [-0.25, -0.2) is 9.97 Å². The lowest BCUT2D eigenvalue weighted by atomic mass is 10.0. The highest BCUT2D eigenvalue weighted by Gasteiger charge is 2.14. The van der Waals surface area contributed by atoms with Crippen LogP contribution < -0.4 is 11.5 Å². The molecule has 1 atom stereocenters. The minimum Gasteiger partial charge on any atom is -0.383 e. The van der Waals surface area contributed by atoms with Gasteiger partial charge < -0.3 is 11.5 Å². The van der Waals surface area contributed by atoms with Crippen LogP contribution in [0.1, 0.15) is 32.1 Å². The maximum atomic E-state index is 6.19. The second kappa shape index (κ2) is 6.30. The zero-order valence-electron chi connectivity index (χ0n) is 13.4. The lowest BCUT2D eigenvalue weighted by Gasteiger charge is -2.14. The molecule has 3 rings (SSSR count). The van der Waals surface area contributed by atoms with Crippen molar-refractivity contribution in [3.05, 3.63) is 48.5 Å². The zero-order chi connectivity index (χ0) is 16.4. The van der Waals surface area contributed by atoms with Crippen LogP contribution >= 0.6 is 0 Å². The van der Waals surface area contributed by atoms with E-state index in [9.17, 15) is 0 Å². The number of nitrogen functional groups attached to an aromatic ring is 1. The lowest BCUT2D eigenvalue weighted by molar-refractivity contribution is 0.494. The van der Waals surface area contributed by atoms with Crippen molar-refractivity contribution in [1.29, 1.82) is 0 Å². The van der Waals surface area contributed by atoms with Gasteiger partial charge in [0.1, 0.15) is 11.6 Å². The number of nitrogens with zero attached hydrogens (tertiary/aromatic N) is 3. The van der Waals surface area contributed by atoms with E-state index in [0.717, 1.165) is 28.5 Å². The fourth-order valence-electron chi connectivity index (χ4n) is 2.67. The van der Waals surface area contributed by atoms with E-state index in [0.29, 0.717) is 17.6 Å². The van der Waals surface area contributed by atoms with Gasteiger partial charge >= 0.3 is 0 Å². The van der Waals surface area contributed by atoms with Gasteiger partial charge in [-0.15, -0.1) is 0 Å². The molecular weight excluding hydrogens is 286 g/mol. The molecule has 0 saturated carbocycles. The first kappa shape index (κ1) is 15.4. The molecule has 2 heterocycles. The van der Waals surface area contributed by atoms with Crippen molar-refractivity contribution in [2.75, 3.05) is 5.73 Å². The molecule has 23 heavy (non-hydrogen) atoms. The molecule has 0 fully saturated rings. The van der Waals surface area contributed by atoms with E-state index < -0.39 is 0 Å². The fourth-order valence-corrected chi connectivity index (χ4v) is 2.67. The molecule has 0 amide bonds. The number of nitrogens with two attached hydrogens (primary N) is 2. The Morgan fingerprint density at radius 1 is 1.00 bits per heavy atom. The van der Waals surface area contributed by atoms with E-state index in [1.165, 1.54) is 0 Å². The predicted octanol–water partition coefficient (Wildman–Crippen LogP) is 3.32. The first-order valence-electron chi connectivity index (χ1n) is 7.77. The number of hydrogen-bond donors (Lipinski definition) is 2. The smallest absolute Gasteiger partial charge is 0.148 e. The summed E-state index contributed by atoms with van der Waals surface area (Å²) in [5.74, 6) is 1.57. The molecule has 1 aromatic carbocycles. The highest BCUT2D eigenvalue weighted by atomic mass is 15.0. The SMILES string of the molecule is CC(C)CC(N)c1nc(N)c2cc(-c3ccncc3)ccc2n1. The highest BCUT2D eigenvalue weighted by Crippen LogP contribution is 2.27. The Hall–Kier alpha value is -2.53. The van der Waals surface area contributed by atoms with Crippen molar-refractivity contribution >= 4 is 16.7 Å². The number of aromatic nitrogens is 3. The minimum atomic E-state index is -0.193. The van der Waals surface area contributed by atoms with Crippen LogP contribution in [0.4, 0.5) is 5.82 Å². The normalized spacial score (nSPS) is 12.7. The zero-order valence-corrected chi connectivity index (χ0v) is 13.4. The maximum Gasteiger partial charge on any atom is 0.148 e. The molecule has 5 nitrogen and oxygen atoms in total. The second-order valence-electron chi connectivity index (χ2n) is 6.17. The summed E-state index contributed by atoms with van der Waals surface area (Å²) in [6.45, 7) is 4.26. The predicted molar refractivity (Wildman–Crippen MR) is 93.6 cm³/mol. The van der Waals surface area contributed by atoms with Crippen LogP contribution in [-0.4, -0.2) is 15.0 Å². The standard InChI is InChI=1S/C18H21N5/c1-11(2)9-15(19)18-22-16-4-3-13(10-14(16)17(20)23-18)12-5-7-21-8-6-12/h3-8,10-11,15H,9,19H2,1-2H3,(H2,20,22,23). The Kier molecular flexibility index (Phi) is 4.21. The van der Waals surface area contributed by atoms with Crippen molar-refractivity contribution in [3.8, 4) is 11.1 Å². The molecule has 1 unspecified atom stereocenters. The summed E-state index contributed by atoms with van der Waals surface area (Å²) in [6.07, 6.45) is 4.38. The third-order valence-corrected chi connectivity index (χ3v) is 3.81. The van der Waals surface area contributed by atoms with Crippen LogP contribution in [0.3, 0.4) is 0 Å². The molecule has 5 heteroatoms. The van der Waals surface area contributed by atoms with E-state index in [4.69, 9.17) is 11.5 Å². The quantitative estimate of drug-likeness (QED) is 0.771. The fraction of sp³-hybridized carbons (Fsp3) is 0.278. The monoisotopic (exact) mass is 307 g/mol. The van der Waals surface area contributed by atoms with Crippen molar-refractivity contribution in [2.45, 2.75) is 26.3 Å². The average Bonchev–Trinajstić information content (AvgIpc) is 2.54. The van der Waals surface area contributed by atoms with Gasteiger partial charge in [0.15, 0.2) is 0 Å². The number of fused-ring (bicyclic) bond motifs is 1. The number of pyridine rings is 1. The van der Waals surface area contributed by atoms with Gasteiger partial charge in [0.2, 0.25) is 0 Å². The van der Waals surface area contributed by atoms with Crippen molar-refractivity contribution < 1.29 is 0 Å². The second-order valence-corrected chi connectivity index (χ2v) is 6.17. The summed E-state index contributed by atoms with van der Waals surface area (Å²) in [4.78, 5) is 13.1. The molecule has 3 aromatic rings. The van der Waals surface area contributed by atoms with E-state index in [1.54, 1.807) is 12.4 Å². The van der Waals surface area contributed by atoms with Gasteiger partial charge in [-0.1, -0.05) is 19.9 Å². The van der Waals surface area contributed by atoms with Crippen LogP contribution in [0.15, 0.2) is 42.7 Å². The summed E-state index contributed by atoms with van der Waals surface area (Å²) >= 11 is 0. The van der Waals surface area contributed by atoms with Crippen molar-refractivity contribution in [3.63, 3.8) is 0 Å². The average molecular weight is 307 g/mol. The summed E-state index contributed by atoms with van der Waals surface area (Å²) < 4.78 is 0. The Morgan fingerprint density at radius 3 is 2.43 bits per heavy atom. The summed E-state index contributed by atoms with van der Waals surface area (Å²) in [5, 5.41) is 0.847.